The molecule has 1 aliphatic heterocycles. The molecule has 2 unspecified atom stereocenters. The summed E-state index contributed by atoms with van der Waals surface area (Å²) in [6.07, 6.45) is 1.21. The van der Waals surface area contributed by atoms with Gasteiger partial charge in [0.2, 0.25) is 0 Å². The number of likely N-dealkylation sites (tertiary alicyclic amines) is 1. The van der Waals surface area contributed by atoms with Crippen molar-refractivity contribution in [1.29, 1.82) is 0 Å². The lowest BCUT2D eigenvalue weighted by Crippen LogP contribution is -2.42. The fourth-order valence-electron chi connectivity index (χ4n) is 3.77. The summed E-state index contributed by atoms with van der Waals surface area (Å²) in [6, 6.07) is 16.8. The van der Waals surface area contributed by atoms with Crippen molar-refractivity contribution in [1.82, 2.24) is 10.1 Å². The van der Waals surface area contributed by atoms with Crippen LogP contribution in [-0.4, -0.2) is 29.7 Å². The molecule has 1 saturated heterocycles. The van der Waals surface area contributed by atoms with Crippen LogP contribution in [0, 0.1) is 11.8 Å². The fraction of sp³-hybridized carbons (Fsp3) is 0.381. The molecular weight excluding hydrogens is 310 g/mol. The highest BCUT2D eigenvalue weighted by Gasteiger charge is 2.25. The molecule has 1 fully saturated rings. The van der Waals surface area contributed by atoms with E-state index in [1.54, 1.807) is 0 Å². The third kappa shape index (κ3) is 3.46. The number of hydrogen-bond donors (Lipinski definition) is 1. The average molecular weight is 335 g/mol. The van der Waals surface area contributed by atoms with E-state index in [0.29, 0.717) is 11.8 Å². The summed E-state index contributed by atoms with van der Waals surface area (Å²) in [4.78, 5) is 2.44. The Hall–Kier alpha value is -2.17. The first kappa shape index (κ1) is 16.3. The fourth-order valence-corrected chi connectivity index (χ4v) is 3.77. The van der Waals surface area contributed by atoms with Gasteiger partial charge in [0.15, 0.2) is 5.76 Å². The second-order valence-electron chi connectivity index (χ2n) is 7.24. The average Bonchev–Trinajstić information content (AvgIpc) is 3.11. The van der Waals surface area contributed by atoms with Crippen LogP contribution in [-0.2, 0) is 6.54 Å². The molecule has 0 amide bonds. The maximum atomic E-state index is 5.91. The highest BCUT2D eigenvalue weighted by molar-refractivity contribution is 5.86. The first-order valence-corrected chi connectivity index (χ1v) is 9.10. The van der Waals surface area contributed by atoms with Crippen LogP contribution >= 0.6 is 0 Å². The van der Waals surface area contributed by atoms with Gasteiger partial charge in [-0.05, 0) is 48.2 Å². The SMILES string of the molecule is CC1CCN(Cc2cc(-c3ccc4ccccc4c3)on2)CC1CN. The minimum absolute atomic E-state index is 0.584. The van der Waals surface area contributed by atoms with E-state index in [1.807, 2.05) is 0 Å². The van der Waals surface area contributed by atoms with Crippen LogP contribution in [0.15, 0.2) is 53.1 Å². The maximum Gasteiger partial charge on any atom is 0.167 e. The van der Waals surface area contributed by atoms with Gasteiger partial charge in [-0.3, -0.25) is 4.90 Å². The summed E-state index contributed by atoms with van der Waals surface area (Å²) in [6.45, 7) is 6.06. The van der Waals surface area contributed by atoms with Gasteiger partial charge >= 0.3 is 0 Å². The summed E-state index contributed by atoms with van der Waals surface area (Å²) in [5, 5.41) is 6.74. The Kier molecular flexibility index (Phi) is 4.55. The Balaban J connectivity index is 1.49. The molecule has 25 heavy (non-hydrogen) atoms. The third-order valence-electron chi connectivity index (χ3n) is 5.48. The van der Waals surface area contributed by atoms with Crippen LogP contribution in [0.3, 0.4) is 0 Å². The highest BCUT2D eigenvalue weighted by atomic mass is 16.5. The van der Waals surface area contributed by atoms with E-state index >= 15 is 0 Å². The zero-order valence-electron chi connectivity index (χ0n) is 14.7. The molecule has 2 atom stereocenters. The minimum Gasteiger partial charge on any atom is -0.356 e. The second-order valence-corrected chi connectivity index (χ2v) is 7.24. The van der Waals surface area contributed by atoms with Gasteiger partial charge in [-0.25, -0.2) is 0 Å². The van der Waals surface area contributed by atoms with Crippen molar-refractivity contribution < 1.29 is 4.52 Å². The van der Waals surface area contributed by atoms with E-state index in [1.165, 1.54) is 17.2 Å². The zero-order chi connectivity index (χ0) is 17.2. The molecule has 0 saturated carbocycles. The van der Waals surface area contributed by atoms with Crippen molar-refractivity contribution in [2.75, 3.05) is 19.6 Å². The number of rotatable bonds is 4. The normalized spacial score (nSPS) is 21.7. The Morgan fingerprint density at radius 1 is 1.16 bits per heavy atom. The predicted molar refractivity (Wildman–Crippen MR) is 101 cm³/mol. The summed E-state index contributed by atoms with van der Waals surface area (Å²) < 4.78 is 5.61. The predicted octanol–water partition coefficient (Wildman–Crippen LogP) is 3.91. The molecule has 4 rings (SSSR count). The van der Waals surface area contributed by atoms with Crippen molar-refractivity contribution in [3.8, 4) is 11.3 Å². The van der Waals surface area contributed by atoms with E-state index in [4.69, 9.17) is 10.3 Å². The Bertz CT molecular complexity index is 857. The Labute approximate surface area is 148 Å². The Morgan fingerprint density at radius 2 is 2.00 bits per heavy atom. The van der Waals surface area contributed by atoms with Crippen LogP contribution < -0.4 is 5.73 Å². The zero-order valence-corrected chi connectivity index (χ0v) is 14.7. The summed E-state index contributed by atoms with van der Waals surface area (Å²) in [5.41, 5.74) is 7.98. The first-order chi connectivity index (χ1) is 12.2. The van der Waals surface area contributed by atoms with Gasteiger partial charge in [0.25, 0.3) is 0 Å². The molecular formula is C21H25N3O. The van der Waals surface area contributed by atoms with Crippen LogP contribution in [0.1, 0.15) is 19.0 Å². The summed E-state index contributed by atoms with van der Waals surface area (Å²) >= 11 is 0. The molecule has 2 N–H and O–H groups in total. The lowest BCUT2D eigenvalue weighted by Gasteiger charge is -2.36. The number of fused-ring (bicyclic) bond motifs is 1. The van der Waals surface area contributed by atoms with Crippen LogP contribution in [0.25, 0.3) is 22.1 Å². The molecule has 130 valence electrons. The topological polar surface area (TPSA) is 55.3 Å². The summed E-state index contributed by atoms with van der Waals surface area (Å²) in [5.74, 6) is 2.13. The lowest BCUT2D eigenvalue weighted by atomic mass is 9.87. The number of nitrogens with zero attached hydrogens (tertiary/aromatic N) is 2. The van der Waals surface area contributed by atoms with Gasteiger partial charge in [0.05, 0.1) is 5.69 Å². The van der Waals surface area contributed by atoms with Gasteiger partial charge in [0, 0.05) is 24.7 Å². The van der Waals surface area contributed by atoms with E-state index < -0.39 is 0 Å². The molecule has 4 heteroatoms. The molecule has 1 aliphatic rings. The van der Waals surface area contributed by atoms with Gasteiger partial charge in [-0.1, -0.05) is 48.5 Å². The first-order valence-electron chi connectivity index (χ1n) is 9.10. The van der Waals surface area contributed by atoms with E-state index in [2.05, 4.69) is 65.5 Å². The molecule has 3 aromatic rings. The van der Waals surface area contributed by atoms with Gasteiger partial charge < -0.3 is 10.3 Å². The van der Waals surface area contributed by atoms with Crippen molar-refractivity contribution in [2.24, 2.45) is 17.6 Å². The monoisotopic (exact) mass is 335 g/mol. The van der Waals surface area contributed by atoms with Crippen molar-refractivity contribution >= 4 is 10.8 Å². The van der Waals surface area contributed by atoms with Crippen molar-refractivity contribution in [3.63, 3.8) is 0 Å². The largest absolute Gasteiger partial charge is 0.356 e. The van der Waals surface area contributed by atoms with E-state index in [-0.39, 0.29) is 0 Å². The molecule has 0 radical (unpaired) electrons. The van der Waals surface area contributed by atoms with Crippen LogP contribution in [0.2, 0.25) is 0 Å². The molecule has 1 aromatic heterocycles. The third-order valence-corrected chi connectivity index (χ3v) is 5.48. The van der Waals surface area contributed by atoms with Gasteiger partial charge in [0.1, 0.15) is 0 Å². The molecule has 0 aliphatic carbocycles. The quantitative estimate of drug-likeness (QED) is 0.785. The maximum absolute atomic E-state index is 5.91. The second kappa shape index (κ2) is 6.98. The number of aromatic nitrogens is 1. The lowest BCUT2D eigenvalue weighted by molar-refractivity contribution is 0.124. The van der Waals surface area contributed by atoms with E-state index in [9.17, 15) is 0 Å². The summed E-state index contributed by atoms with van der Waals surface area (Å²) in [7, 11) is 0. The molecule has 2 heterocycles. The number of piperidine rings is 1. The highest BCUT2D eigenvalue weighted by Crippen LogP contribution is 2.27. The Morgan fingerprint density at radius 3 is 2.84 bits per heavy atom. The minimum atomic E-state index is 0.584. The van der Waals surface area contributed by atoms with E-state index in [0.717, 1.165) is 43.2 Å². The van der Waals surface area contributed by atoms with Crippen molar-refractivity contribution in [3.05, 3.63) is 54.2 Å². The number of nitrogens with two attached hydrogens (primary N) is 1. The number of benzene rings is 2. The van der Waals surface area contributed by atoms with Crippen molar-refractivity contribution in [2.45, 2.75) is 19.9 Å². The van der Waals surface area contributed by atoms with Gasteiger partial charge in [-0.2, -0.15) is 0 Å². The van der Waals surface area contributed by atoms with Crippen LogP contribution in [0.4, 0.5) is 0 Å². The molecule has 2 aromatic carbocycles. The molecule has 4 nitrogen and oxygen atoms in total. The molecule has 0 spiro atoms. The molecule has 0 bridgehead atoms. The number of hydrogen-bond acceptors (Lipinski definition) is 4. The standard InChI is InChI=1S/C21H25N3O/c1-15-8-9-24(13-19(15)12-22)14-20-11-21(25-23-20)18-7-6-16-4-2-3-5-17(16)10-18/h2-7,10-11,15,19H,8-9,12-14,22H2,1H3. The smallest absolute Gasteiger partial charge is 0.167 e. The van der Waals surface area contributed by atoms with Crippen LogP contribution in [0.5, 0.6) is 0 Å². The van der Waals surface area contributed by atoms with Gasteiger partial charge in [-0.15, -0.1) is 0 Å².